The van der Waals surface area contributed by atoms with Gasteiger partial charge in [-0.25, -0.2) is 0 Å². The molecule has 0 saturated carbocycles. The number of fused-ring (bicyclic) bond motifs is 4. The zero-order chi connectivity index (χ0) is 44.8. The number of anilines is 3. The van der Waals surface area contributed by atoms with Crippen LogP contribution in [0, 0.1) is 6.92 Å². The molecule has 0 amide bonds. The van der Waals surface area contributed by atoms with Crippen LogP contribution in [-0.2, 0) is 5.41 Å². The van der Waals surface area contributed by atoms with Gasteiger partial charge < -0.3 is 4.90 Å². The van der Waals surface area contributed by atoms with Crippen molar-refractivity contribution in [2.24, 2.45) is 0 Å². The fourth-order valence-electron chi connectivity index (χ4n) is 10.3. The normalized spacial score (nSPS) is 12.6. The summed E-state index contributed by atoms with van der Waals surface area (Å²) in [5.74, 6) is 0. The number of hydrogen-bond acceptors (Lipinski definition) is 1. The van der Waals surface area contributed by atoms with Gasteiger partial charge in [-0.3, -0.25) is 0 Å². The van der Waals surface area contributed by atoms with Gasteiger partial charge in [0.15, 0.2) is 0 Å². The molecule has 1 heteroatoms. The van der Waals surface area contributed by atoms with Crippen molar-refractivity contribution in [3.8, 4) is 66.8 Å². The van der Waals surface area contributed by atoms with Crippen LogP contribution >= 0.6 is 0 Å². The second-order valence-corrected chi connectivity index (χ2v) is 18.1. The molecule has 316 valence electrons. The van der Waals surface area contributed by atoms with Crippen LogP contribution in [0.5, 0.6) is 0 Å². The molecule has 0 heterocycles. The molecule has 1 nitrogen and oxygen atoms in total. The van der Waals surface area contributed by atoms with Gasteiger partial charge in [0, 0.05) is 22.5 Å². The monoisotopic (exact) mass is 845 g/mol. The number of aryl methyl sites for hydroxylation is 1. The Kier molecular flexibility index (Phi) is 10.4. The summed E-state index contributed by atoms with van der Waals surface area (Å²) in [6, 6.07) is 82.6. The number of rotatable bonds is 9. The zero-order valence-electron chi connectivity index (χ0n) is 38.0. The first-order valence-electron chi connectivity index (χ1n) is 23.1. The zero-order valence-corrected chi connectivity index (χ0v) is 38.0. The molecule has 66 heavy (non-hydrogen) atoms. The van der Waals surface area contributed by atoms with Crippen LogP contribution in [0.15, 0.2) is 231 Å². The van der Waals surface area contributed by atoms with Crippen molar-refractivity contribution in [2.75, 3.05) is 4.90 Å². The summed E-state index contributed by atoms with van der Waals surface area (Å²) in [5, 5.41) is 2.51. The summed E-state index contributed by atoms with van der Waals surface area (Å²) in [4.78, 5) is 2.42. The average Bonchev–Trinajstić information content (AvgIpc) is 3.59. The molecule has 10 aromatic carbocycles. The van der Waals surface area contributed by atoms with Crippen LogP contribution < -0.4 is 4.90 Å². The van der Waals surface area contributed by atoms with Gasteiger partial charge in [0.25, 0.3) is 0 Å². The summed E-state index contributed by atoms with van der Waals surface area (Å²) < 4.78 is 0. The van der Waals surface area contributed by atoms with E-state index in [0.29, 0.717) is 0 Å². The van der Waals surface area contributed by atoms with Gasteiger partial charge in [0.05, 0.1) is 0 Å². The van der Waals surface area contributed by atoms with E-state index in [9.17, 15) is 0 Å². The second kappa shape index (κ2) is 16.8. The number of allylic oxidation sites excluding steroid dienone is 1. The molecule has 0 atom stereocenters. The van der Waals surface area contributed by atoms with Gasteiger partial charge in [-0.2, -0.15) is 0 Å². The predicted molar refractivity (Wildman–Crippen MR) is 283 cm³/mol. The van der Waals surface area contributed by atoms with E-state index in [1.165, 1.54) is 99.8 Å². The minimum Gasteiger partial charge on any atom is -0.310 e. The second-order valence-electron chi connectivity index (χ2n) is 18.1. The molecule has 0 aliphatic heterocycles. The molecule has 0 aromatic heterocycles. The lowest BCUT2D eigenvalue weighted by molar-refractivity contribution is 0.660. The van der Waals surface area contributed by atoms with Crippen molar-refractivity contribution >= 4 is 33.9 Å². The minimum atomic E-state index is -0.180. The highest BCUT2D eigenvalue weighted by atomic mass is 15.1. The van der Waals surface area contributed by atoms with Crippen LogP contribution in [-0.4, -0.2) is 0 Å². The van der Waals surface area contributed by atoms with Crippen molar-refractivity contribution in [1.29, 1.82) is 0 Å². The standard InChI is InChI=1S/C65H51N/c1-5-15-59-58(24-14-25-60(59)55-21-11-9-16-44(55)2)49-28-26-46(27-29-49)47-30-35-52(36-31-47)66(53-37-32-50(33-38-53)57-23-13-20-48-19-10-12-22-56(48)57)54-39-41-62-61-40-34-51(45-17-7-6-8-18-45)42-63(61)65(3,4)64(62)43-54/h5-43H,1-4H3/b15-5+. The fourth-order valence-corrected chi connectivity index (χ4v) is 10.3. The summed E-state index contributed by atoms with van der Waals surface area (Å²) in [6.07, 6.45) is 4.39. The third-order valence-corrected chi connectivity index (χ3v) is 13.8. The predicted octanol–water partition coefficient (Wildman–Crippen LogP) is 18.3. The maximum absolute atomic E-state index is 2.43. The van der Waals surface area contributed by atoms with Gasteiger partial charge >= 0.3 is 0 Å². The number of hydrogen-bond donors (Lipinski definition) is 0. The van der Waals surface area contributed by atoms with E-state index in [-0.39, 0.29) is 5.41 Å². The van der Waals surface area contributed by atoms with Crippen LogP contribution in [0.4, 0.5) is 17.1 Å². The molecular weight excluding hydrogens is 795 g/mol. The molecule has 0 N–H and O–H groups in total. The molecule has 10 aromatic rings. The summed E-state index contributed by atoms with van der Waals surface area (Å²) in [5.41, 5.74) is 23.3. The van der Waals surface area contributed by atoms with E-state index < -0.39 is 0 Å². The molecule has 0 bridgehead atoms. The Bertz CT molecular complexity index is 3420. The maximum Gasteiger partial charge on any atom is 0.0465 e. The molecule has 0 radical (unpaired) electrons. The first-order chi connectivity index (χ1) is 32.4. The topological polar surface area (TPSA) is 3.24 Å². The Morgan fingerprint density at radius 1 is 0.364 bits per heavy atom. The quantitative estimate of drug-likeness (QED) is 0.140. The van der Waals surface area contributed by atoms with Gasteiger partial charge in [-0.15, -0.1) is 0 Å². The lowest BCUT2D eigenvalue weighted by atomic mass is 9.81. The van der Waals surface area contributed by atoms with Crippen molar-refractivity contribution in [2.45, 2.75) is 33.1 Å². The molecule has 0 unspecified atom stereocenters. The van der Waals surface area contributed by atoms with E-state index in [1.807, 2.05) is 0 Å². The third kappa shape index (κ3) is 7.24. The molecule has 1 aliphatic rings. The van der Waals surface area contributed by atoms with Gasteiger partial charge in [-0.1, -0.05) is 208 Å². The fraction of sp³-hybridized carbons (Fsp3) is 0.0769. The average molecular weight is 846 g/mol. The van der Waals surface area contributed by atoms with E-state index in [1.54, 1.807) is 0 Å². The number of benzene rings is 10. The van der Waals surface area contributed by atoms with Crippen molar-refractivity contribution in [3.63, 3.8) is 0 Å². The van der Waals surface area contributed by atoms with Crippen molar-refractivity contribution in [1.82, 2.24) is 0 Å². The lowest BCUT2D eigenvalue weighted by Gasteiger charge is -2.28. The van der Waals surface area contributed by atoms with E-state index in [0.717, 1.165) is 17.1 Å². The highest BCUT2D eigenvalue weighted by molar-refractivity contribution is 5.97. The lowest BCUT2D eigenvalue weighted by Crippen LogP contribution is -2.16. The van der Waals surface area contributed by atoms with E-state index in [2.05, 4.69) is 269 Å². The molecular formula is C65H51N. The van der Waals surface area contributed by atoms with E-state index in [4.69, 9.17) is 0 Å². The van der Waals surface area contributed by atoms with Crippen LogP contribution in [0.1, 0.15) is 43.0 Å². The van der Waals surface area contributed by atoms with Crippen molar-refractivity contribution in [3.05, 3.63) is 253 Å². The Hall–Kier alpha value is -8.00. The minimum absolute atomic E-state index is 0.180. The first-order valence-corrected chi connectivity index (χ1v) is 23.1. The van der Waals surface area contributed by atoms with Gasteiger partial charge in [-0.05, 0) is 156 Å². The van der Waals surface area contributed by atoms with Crippen LogP contribution in [0.25, 0.3) is 83.6 Å². The van der Waals surface area contributed by atoms with Gasteiger partial charge in [0.1, 0.15) is 0 Å². The smallest absolute Gasteiger partial charge is 0.0465 e. The molecule has 0 saturated heterocycles. The summed E-state index contributed by atoms with van der Waals surface area (Å²) in [7, 11) is 0. The highest BCUT2D eigenvalue weighted by Gasteiger charge is 2.36. The Morgan fingerprint density at radius 2 is 0.848 bits per heavy atom. The Balaban J connectivity index is 0.959. The Labute approximate surface area is 389 Å². The highest BCUT2D eigenvalue weighted by Crippen LogP contribution is 2.52. The SMILES string of the molecule is C/C=C/c1c(-c2ccc(-c3ccc(N(c4ccc(-c5cccc6ccccc56)cc4)c4ccc5c(c4)C(C)(C)c4cc(-c6ccccc6)ccc4-5)cc3)cc2)cccc1-c1ccccc1C. The molecule has 1 aliphatic carbocycles. The van der Waals surface area contributed by atoms with Crippen molar-refractivity contribution < 1.29 is 0 Å². The van der Waals surface area contributed by atoms with E-state index >= 15 is 0 Å². The first kappa shape index (κ1) is 40.8. The third-order valence-electron chi connectivity index (χ3n) is 13.8. The molecule has 0 spiro atoms. The molecule has 11 rings (SSSR count). The number of nitrogens with zero attached hydrogens (tertiary/aromatic N) is 1. The Morgan fingerprint density at radius 3 is 1.58 bits per heavy atom. The van der Waals surface area contributed by atoms with Crippen LogP contribution in [0.2, 0.25) is 0 Å². The largest absolute Gasteiger partial charge is 0.310 e. The van der Waals surface area contributed by atoms with Crippen LogP contribution in [0.3, 0.4) is 0 Å². The summed E-state index contributed by atoms with van der Waals surface area (Å²) >= 11 is 0. The maximum atomic E-state index is 2.43. The summed E-state index contributed by atoms with van der Waals surface area (Å²) in [6.45, 7) is 9.04. The van der Waals surface area contributed by atoms with Gasteiger partial charge in [0.2, 0.25) is 0 Å². The molecule has 0 fully saturated rings.